The molecule has 1 aliphatic rings. The molecule has 0 aromatic carbocycles. The molecule has 0 spiro atoms. The minimum absolute atomic E-state index is 0.203. The molecule has 0 saturated carbocycles. The van der Waals surface area contributed by atoms with Crippen LogP contribution in [0.25, 0.3) is 0 Å². The van der Waals surface area contributed by atoms with Gasteiger partial charge in [-0.15, -0.1) is 0 Å². The lowest BCUT2D eigenvalue weighted by molar-refractivity contribution is 0.0981. The minimum Gasteiger partial charge on any atom is -0.478 e. The largest absolute Gasteiger partial charge is 0.478 e. The van der Waals surface area contributed by atoms with Gasteiger partial charge in [0.05, 0.1) is 12.2 Å². The number of carbonyl (C=O) groups is 1. The van der Waals surface area contributed by atoms with Crippen LogP contribution >= 0.6 is 0 Å². The monoisotopic (exact) mass is 460 g/mol. The molecule has 2 aromatic heterocycles. The summed E-state index contributed by atoms with van der Waals surface area (Å²) in [6.45, 7) is 11.7. The number of amides is 1. The molecule has 0 radical (unpaired) electrons. The van der Waals surface area contributed by atoms with Crippen LogP contribution in [0, 0.1) is 11.8 Å². The first-order chi connectivity index (χ1) is 15.0. The van der Waals surface area contributed by atoms with E-state index in [0.29, 0.717) is 24.3 Å². The summed E-state index contributed by atoms with van der Waals surface area (Å²) in [7, 11) is -4.19. The van der Waals surface area contributed by atoms with Gasteiger partial charge in [0.25, 0.3) is 15.9 Å². The molecule has 174 valence electrons. The Morgan fingerprint density at radius 3 is 2.69 bits per heavy atom. The maximum atomic E-state index is 13.0. The SMILES string of the molecule is CC(C)CCOc1cccc(S(=O)(=O)NC(=O)c2cccnc2N2CCC(C)C2(C)C)n1. The van der Waals surface area contributed by atoms with E-state index in [-0.39, 0.29) is 22.0 Å². The van der Waals surface area contributed by atoms with Gasteiger partial charge in [0.15, 0.2) is 5.03 Å². The van der Waals surface area contributed by atoms with Gasteiger partial charge in [0.2, 0.25) is 5.88 Å². The number of sulfonamides is 1. The first kappa shape index (κ1) is 24.0. The van der Waals surface area contributed by atoms with Crippen molar-refractivity contribution in [2.45, 2.75) is 58.0 Å². The van der Waals surface area contributed by atoms with Crippen molar-refractivity contribution in [3.05, 3.63) is 42.1 Å². The van der Waals surface area contributed by atoms with Crippen molar-refractivity contribution in [2.24, 2.45) is 11.8 Å². The van der Waals surface area contributed by atoms with Crippen LogP contribution in [0.15, 0.2) is 41.6 Å². The van der Waals surface area contributed by atoms with E-state index in [4.69, 9.17) is 4.74 Å². The predicted molar refractivity (Wildman–Crippen MR) is 123 cm³/mol. The molecule has 8 nitrogen and oxygen atoms in total. The number of nitrogens with one attached hydrogen (secondary N) is 1. The van der Waals surface area contributed by atoms with Crippen molar-refractivity contribution in [3.8, 4) is 5.88 Å². The van der Waals surface area contributed by atoms with E-state index in [0.717, 1.165) is 19.4 Å². The lowest BCUT2D eigenvalue weighted by Gasteiger charge is -2.36. The molecule has 9 heteroatoms. The van der Waals surface area contributed by atoms with E-state index in [1.54, 1.807) is 30.5 Å². The molecule has 1 fully saturated rings. The number of anilines is 1. The van der Waals surface area contributed by atoms with E-state index >= 15 is 0 Å². The second kappa shape index (κ2) is 9.44. The summed E-state index contributed by atoms with van der Waals surface area (Å²) in [6.07, 6.45) is 3.40. The number of hydrogen-bond acceptors (Lipinski definition) is 7. The summed E-state index contributed by atoms with van der Waals surface area (Å²) >= 11 is 0. The van der Waals surface area contributed by atoms with Crippen LogP contribution in [0.5, 0.6) is 5.88 Å². The van der Waals surface area contributed by atoms with Gasteiger partial charge < -0.3 is 9.64 Å². The Morgan fingerprint density at radius 2 is 2.03 bits per heavy atom. The lowest BCUT2D eigenvalue weighted by Crippen LogP contribution is -2.43. The van der Waals surface area contributed by atoms with Crippen molar-refractivity contribution < 1.29 is 17.9 Å². The molecular weight excluding hydrogens is 428 g/mol. The highest BCUT2D eigenvalue weighted by molar-refractivity contribution is 7.90. The quantitative estimate of drug-likeness (QED) is 0.642. The minimum atomic E-state index is -4.19. The van der Waals surface area contributed by atoms with Gasteiger partial charge in [-0.1, -0.05) is 26.8 Å². The van der Waals surface area contributed by atoms with Crippen molar-refractivity contribution in [1.29, 1.82) is 0 Å². The molecule has 1 N–H and O–H groups in total. The predicted octanol–water partition coefficient (Wildman–Crippen LogP) is 3.65. The average molecular weight is 461 g/mol. The van der Waals surface area contributed by atoms with Crippen LogP contribution < -0.4 is 14.4 Å². The zero-order valence-electron chi connectivity index (χ0n) is 19.3. The number of hydrogen-bond donors (Lipinski definition) is 1. The van der Waals surface area contributed by atoms with E-state index in [2.05, 4.69) is 54.2 Å². The van der Waals surface area contributed by atoms with Crippen LogP contribution in [0.1, 0.15) is 57.8 Å². The van der Waals surface area contributed by atoms with Crippen LogP contribution in [-0.4, -0.2) is 43.0 Å². The van der Waals surface area contributed by atoms with E-state index < -0.39 is 15.9 Å². The van der Waals surface area contributed by atoms with Gasteiger partial charge in [-0.2, -0.15) is 13.4 Å². The smallest absolute Gasteiger partial charge is 0.281 e. The fourth-order valence-corrected chi connectivity index (χ4v) is 4.58. The highest BCUT2D eigenvalue weighted by atomic mass is 32.2. The molecule has 32 heavy (non-hydrogen) atoms. The maximum absolute atomic E-state index is 13.0. The van der Waals surface area contributed by atoms with E-state index in [1.165, 1.54) is 6.07 Å². The molecule has 0 aliphatic carbocycles. The zero-order chi connectivity index (χ0) is 23.5. The van der Waals surface area contributed by atoms with Crippen molar-refractivity contribution in [1.82, 2.24) is 14.7 Å². The third-order valence-electron chi connectivity index (χ3n) is 6.12. The second-order valence-electron chi connectivity index (χ2n) is 9.15. The van der Waals surface area contributed by atoms with Crippen LogP contribution in [0.4, 0.5) is 5.82 Å². The van der Waals surface area contributed by atoms with Gasteiger partial charge in [0.1, 0.15) is 5.82 Å². The summed E-state index contributed by atoms with van der Waals surface area (Å²) in [6, 6.07) is 7.68. The second-order valence-corrected chi connectivity index (χ2v) is 10.8. The molecule has 1 saturated heterocycles. The Kier molecular flexibility index (Phi) is 7.07. The summed E-state index contributed by atoms with van der Waals surface area (Å²) in [4.78, 5) is 23.6. The lowest BCUT2D eigenvalue weighted by atomic mass is 9.90. The molecule has 3 heterocycles. The summed E-state index contributed by atoms with van der Waals surface area (Å²) in [5.41, 5.74) is 0.00782. The first-order valence-corrected chi connectivity index (χ1v) is 12.4. The Labute approximate surface area is 190 Å². The van der Waals surface area contributed by atoms with Crippen LogP contribution in [-0.2, 0) is 10.0 Å². The maximum Gasteiger partial charge on any atom is 0.281 e. The van der Waals surface area contributed by atoms with Crippen molar-refractivity contribution in [3.63, 3.8) is 0 Å². The number of rotatable bonds is 8. The number of aromatic nitrogens is 2. The van der Waals surface area contributed by atoms with Crippen molar-refractivity contribution >= 4 is 21.7 Å². The highest BCUT2D eigenvalue weighted by Crippen LogP contribution is 2.38. The Bertz CT molecular complexity index is 1070. The molecule has 1 aliphatic heterocycles. The number of nitrogens with zero attached hydrogens (tertiary/aromatic N) is 3. The fraction of sp³-hybridized carbons (Fsp3) is 0.522. The van der Waals surface area contributed by atoms with Gasteiger partial charge in [-0.3, -0.25) is 4.79 Å². The number of ether oxygens (including phenoxy) is 1. The van der Waals surface area contributed by atoms with Crippen LogP contribution in [0.3, 0.4) is 0 Å². The molecule has 1 atom stereocenters. The summed E-state index contributed by atoms with van der Waals surface area (Å²) in [5, 5.41) is -0.270. The van der Waals surface area contributed by atoms with E-state index in [1.807, 2.05) is 0 Å². The summed E-state index contributed by atoms with van der Waals surface area (Å²) < 4.78 is 33.5. The van der Waals surface area contributed by atoms with E-state index in [9.17, 15) is 13.2 Å². The molecule has 1 amide bonds. The van der Waals surface area contributed by atoms with Gasteiger partial charge in [-0.25, -0.2) is 9.71 Å². The zero-order valence-corrected chi connectivity index (χ0v) is 20.1. The molecule has 1 unspecified atom stereocenters. The van der Waals surface area contributed by atoms with Crippen molar-refractivity contribution in [2.75, 3.05) is 18.1 Å². The fourth-order valence-electron chi connectivity index (χ4n) is 3.65. The summed E-state index contributed by atoms with van der Waals surface area (Å²) in [5.74, 6) is 0.811. The van der Waals surface area contributed by atoms with Gasteiger partial charge in [-0.05, 0) is 56.7 Å². The average Bonchev–Trinajstić information content (AvgIpc) is 3.00. The highest BCUT2D eigenvalue weighted by Gasteiger charge is 2.40. The molecule has 2 aromatic rings. The number of pyridine rings is 2. The standard InChI is InChI=1S/C23H32N4O4S/c1-16(2)12-15-31-19-9-6-10-20(25-19)32(29,30)26-22(28)18-8-7-13-24-21(18)27-14-11-17(3)23(27,4)5/h6-10,13,16-17H,11-12,14-15H2,1-5H3,(H,26,28). The normalized spacial score (nSPS) is 18.1. The Hall–Kier alpha value is -2.68. The third-order valence-corrected chi connectivity index (χ3v) is 7.35. The third kappa shape index (κ3) is 5.20. The molecule has 0 bridgehead atoms. The van der Waals surface area contributed by atoms with Gasteiger partial charge in [0, 0.05) is 24.3 Å². The first-order valence-electron chi connectivity index (χ1n) is 10.9. The topological polar surface area (TPSA) is 101 Å². The Balaban J connectivity index is 1.81. The van der Waals surface area contributed by atoms with Gasteiger partial charge >= 0.3 is 0 Å². The molecule has 3 rings (SSSR count). The molecular formula is C23H32N4O4S. The van der Waals surface area contributed by atoms with Crippen LogP contribution in [0.2, 0.25) is 0 Å². The number of carbonyl (C=O) groups excluding carboxylic acids is 1. The Morgan fingerprint density at radius 1 is 1.28 bits per heavy atom.